The topological polar surface area (TPSA) is 412 Å². The predicted molar refractivity (Wildman–Crippen MR) is 294 cm³/mol. The van der Waals surface area contributed by atoms with E-state index in [1.54, 1.807) is 55.4 Å². The lowest BCUT2D eigenvalue weighted by molar-refractivity contribution is -0.180. The van der Waals surface area contributed by atoms with Crippen LogP contribution < -0.4 is 22.1 Å². The van der Waals surface area contributed by atoms with Gasteiger partial charge in [0, 0.05) is 22.3 Å². The first-order chi connectivity index (χ1) is 38.8. The third-order valence-corrected chi connectivity index (χ3v) is 15.7. The maximum Gasteiger partial charge on any atom is 0.358 e. The Balaban J connectivity index is 0.989. The summed E-state index contributed by atoms with van der Waals surface area (Å²) in [7, 11) is 0. The number of aryl methyl sites for hydroxylation is 2. The van der Waals surface area contributed by atoms with E-state index in [1.165, 1.54) is 71.6 Å². The van der Waals surface area contributed by atoms with Crippen molar-refractivity contribution in [3.05, 3.63) is 56.3 Å². The summed E-state index contributed by atoms with van der Waals surface area (Å²) in [5.41, 5.74) is 5.83. The van der Waals surface area contributed by atoms with Crippen molar-refractivity contribution >= 4 is 115 Å². The first kappa shape index (κ1) is 61.0. The molecule has 4 aromatic rings. The van der Waals surface area contributed by atoms with Crippen LogP contribution >= 0.6 is 46.2 Å². The number of thioether (sulfide) groups is 2. The van der Waals surface area contributed by atoms with Crippen LogP contribution in [0.2, 0.25) is 0 Å². The van der Waals surface area contributed by atoms with Crippen molar-refractivity contribution in [2.24, 2.45) is 10.3 Å². The van der Waals surface area contributed by atoms with Crippen LogP contribution in [0.4, 0.5) is 10.3 Å². The van der Waals surface area contributed by atoms with Crippen LogP contribution in [0.3, 0.4) is 0 Å². The van der Waals surface area contributed by atoms with E-state index in [-0.39, 0.29) is 57.6 Å². The minimum atomic E-state index is -1.69. The molecule has 8 rings (SSSR count). The predicted octanol–water partition coefficient (Wildman–Crippen LogP) is 0.488. The largest absolute Gasteiger partial charge is 0.457 e. The third kappa shape index (κ3) is 13.9. The number of hydrogen-bond acceptors (Lipinski definition) is 30. The first-order valence-corrected chi connectivity index (χ1v) is 28.9. The Kier molecular flexibility index (Phi) is 17.4. The number of nitrogen functional groups attached to an aromatic ring is 2. The lowest BCUT2D eigenvalue weighted by Crippen LogP contribution is -2.71. The number of carbonyl (C=O) groups excluding carboxylic acids is 8. The fourth-order valence-corrected chi connectivity index (χ4v) is 11.6. The van der Waals surface area contributed by atoms with Crippen molar-refractivity contribution in [3.63, 3.8) is 0 Å². The highest BCUT2D eigenvalue weighted by Gasteiger charge is 2.57. The molecular weight excluding hydrogens is 1170 g/mol. The Hall–Kier alpha value is -8.12. The SMILES string of the molecule is Cc1nnn(CC2=C(C(=O)OCOC(=O)C3=C(Cn4nnc(C)n4)CS[C@@H]4[C@H](NC(=O)C(=NOC(C)(C)C(=O)OC(C)(C)C)c5csc(N)n5)C(=O)N34)N3C(=O)[C@@H](NC(=O)C(=NOC(C)(C)C(=O)OC(C)(C)C)c4csc(N)n4)[C@H]3SC2)n1. The number of nitrogens with zero attached hydrogens (tertiary/aromatic N) is 14. The molecule has 6 N–H and O–H groups in total. The van der Waals surface area contributed by atoms with E-state index in [0.717, 1.165) is 32.5 Å². The minimum Gasteiger partial charge on any atom is -0.457 e. The molecule has 8 heterocycles. The molecule has 32 nitrogen and oxygen atoms in total. The molecule has 4 atom stereocenters. The molecule has 0 unspecified atom stereocenters. The van der Waals surface area contributed by atoms with E-state index >= 15 is 0 Å². The summed E-state index contributed by atoms with van der Waals surface area (Å²) in [6.07, 6.45) is 0. The van der Waals surface area contributed by atoms with E-state index in [0.29, 0.717) is 22.8 Å². The van der Waals surface area contributed by atoms with Crippen LogP contribution in [0.15, 0.2) is 43.6 Å². The summed E-state index contributed by atoms with van der Waals surface area (Å²) in [4.78, 5) is 135. The van der Waals surface area contributed by atoms with Crippen LogP contribution in [0.5, 0.6) is 0 Å². The Bertz CT molecular complexity index is 3180. The van der Waals surface area contributed by atoms with E-state index in [4.69, 9.17) is 40.1 Å². The van der Waals surface area contributed by atoms with Crippen LogP contribution in [0.1, 0.15) is 92.3 Å². The summed E-state index contributed by atoms with van der Waals surface area (Å²) < 4.78 is 22.0. The normalized spacial score (nSPS) is 19.5. The van der Waals surface area contributed by atoms with E-state index < -0.39 is 111 Å². The smallest absolute Gasteiger partial charge is 0.358 e. The molecule has 36 heteroatoms. The number of carbonyl (C=O) groups is 8. The average Bonchev–Trinajstić information content (AvgIpc) is 3.14. The maximum absolute atomic E-state index is 14.3. The number of amides is 4. The molecule has 0 radical (unpaired) electrons. The van der Waals surface area contributed by atoms with E-state index in [9.17, 15) is 38.4 Å². The molecule has 0 saturated carbocycles. The number of oxime groups is 2. The van der Waals surface area contributed by atoms with E-state index in [1.807, 2.05) is 0 Å². The van der Waals surface area contributed by atoms with Gasteiger partial charge in [0.2, 0.25) is 18.0 Å². The Morgan fingerprint density at radius 2 is 1.00 bits per heavy atom. The van der Waals surface area contributed by atoms with Gasteiger partial charge in [0.15, 0.2) is 33.3 Å². The molecule has 4 amide bonds. The van der Waals surface area contributed by atoms with Gasteiger partial charge in [0.1, 0.15) is 56.8 Å². The van der Waals surface area contributed by atoms with Gasteiger partial charge in [-0.15, -0.1) is 66.6 Å². The summed E-state index contributed by atoms with van der Waals surface area (Å²) in [6, 6.07) is -2.52. The number of nitrogens with one attached hydrogen (secondary N) is 2. The highest BCUT2D eigenvalue weighted by molar-refractivity contribution is 8.00. The number of tetrazole rings is 2. The van der Waals surface area contributed by atoms with Crippen LogP contribution in [-0.4, -0.2) is 183 Å². The number of fused-ring (bicyclic) bond motifs is 2. The van der Waals surface area contributed by atoms with Crippen molar-refractivity contribution < 1.29 is 67.0 Å². The quantitative estimate of drug-likeness (QED) is 0.0234. The zero-order valence-corrected chi connectivity index (χ0v) is 50.0. The minimum absolute atomic E-state index is 0.0235. The molecule has 4 aliphatic rings. The van der Waals surface area contributed by atoms with Crippen LogP contribution in [0.25, 0.3) is 0 Å². The molecule has 2 saturated heterocycles. The number of aromatic nitrogens is 10. The van der Waals surface area contributed by atoms with Crippen LogP contribution in [0, 0.1) is 13.8 Å². The highest BCUT2D eigenvalue weighted by Crippen LogP contribution is 2.43. The molecule has 444 valence electrons. The highest BCUT2D eigenvalue weighted by atomic mass is 32.2. The average molecular weight is 1230 g/mol. The number of thiazole rings is 2. The molecule has 0 aliphatic carbocycles. The van der Waals surface area contributed by atoms with Gasteiger partial charge >= 0.3 is 23.9 Å². The number of hydrogen-bond donors (Lipinski definition) is 4. The zero-order chi connectivity index (χ0) is 60.7. The molecule has 0 aromatic carbocycles. The van der Waals surface area contributed by atoms with Gasteiger partial charge in [0.25, 0.3) is 23.6 Å². The molecule has 0 spiro atoms. The number of anilines is 2. The second-order valence-corrected chi connectivity index (χ2v) is 25.6. The fraction of sp³-hybridized carbons (Fsp3) is 0.532. The second kappa shape index (κ2) is 23.6. The third-order valence-electron chi connectivity index (χ3n) is 11.7. The number of esters is 4. The molecular formula is C47H58N18O14S4. The number of nitrogens with two attached hydrogens (primary N) is 2. The molecule has 2 fully saturated rings. The lowest BCUT2D eigenvalue weighted by Gasteiger charge is -2.49. The van der Waals surface area contributed by atoms with Gasteiger partial charge in [-0.1, -0.05) is 10.3 Å². The Morgan fingerprint density at radius 3 is 1.31 bits per heavy atom. The summed E-state index contributed by atoms with van der Waals surface area (Å²) in [5, 5.41) is 38.7. The van der Waals surface area contributed by atoms with Gasteiger partial charge in [-0.2, -0.15) is 9.59 Å². The number of ether oxygens (including phenoxy) is 4. The molecule has 4 aromatic heterocycles. The van der Waals surface area contributed by atoms with Gasteiger partial charge < -0.3 is 50.7 Å². The summed E-state index contributed by atoms with van der Waals surface area (Å²) in [6.45, 7) is 17.5. The summed E-state index contributed by atoms with van der Waals surface area (Å²) >= 11 is 4.37. The number of β-lactam (4-membered cyclic amide) rings is 2. The number of rotatable bonds is 20. The second-order valence-electron chi connectivity index (χ2n) is 21.6. The zero-order valence-electron chi connectivity index (χ0n) is 46.8. The monoisotopic (exact) mass is 1230 g/mol. The van der Waals surface area contributed by atoms with Gasteiger partial charge in [-0.05, 0) is 105 Å². The Labute approximate surface area is 488 Å². The van der Waals surface area contributed by atoms with Crippen molar-refractivity contribution in [2.75, 3.05) is 29.8 Å². The lowest BCUT2D eigenvalue weighted by atomic mass is 10.0. The summed E-state index contributed by atoms with van der Waals surface area (Å²) in [5.74, 6) is -6.42. The molecule has 4 aliphatic heterocycles. The van der Waals surface area contributed by atoms with Crippen molar-refractivity contribution in [2.45, 2.75) is 141 Å². The van der Waals surface area contributed by atoms with Gasteiger partial charge in [-0.25, -0.2) is 29.1 Å². The van der Waals surface area contributed by atoms with Crippen molar-refractivity contribution in [3.8, 4) is 0 Å². The molecule has 83 heavy (non-hydrogen) atoms. The maximum atomic E-state index is 14.3. The van der Waals surface area contributed by atoms with Gasteiger partial charge in [0.05, 0.1) is 13.1 Å². The standard InChI is InChI=1S/C47H58N18O14S4/c1-20-54-60-62(56-20)13-22-15-80-36-28(52-32(66)26(24-17-82-42(48)50-24)58-78-46(9,10)40(72)76-44(3,4)5)34(68)64(36)30(22)38(70)74-19-75-39(71)31-23(14-63-57-21(2)55-61-63)16-81-37-29(35(69)65(31)37)53-33(67)27(25-18-83-43(49)51-25)59-79-47(11,12)41(73)77-45(6,7)8/h17-18,28-29,36-37H,13-16,19H2,1-12H3,(H2,48,50)(H2,49,51)(H,52,66)(H,53,67)/t28-,29-,36-,37-/m1/s1. The fourth-order valence-electron chi connectivity index (χ4n) is 7.80. The van der Waals surface area contributed by atoms with Gasteiger partial charge in [-0.3, -0.25) is 29.0 Å². The Morgan fingerprint density at radius 1 is 0.627 bits per heavy atom. The van der Waals surface area contributed by atoms with E-state index in [2.05, 4.69) is 61.7 Å². The van der Waals surface area contributed by atoms with Crippen molar-refractivity contribution in [1.29, 1.82) is 0 Å². The van der Waals surface area contributed by atoms with Crippen molar-refractivity contribution in [1.82, 2.24) is 70.8 Å². The first-order valence-electron chi connectivity index (χ1n) is 25.0. The molecule has 0 bridgehead atoms. The van der Waals surface area contributed by atoms with Crippen LogP contribution in [-0.2, 0) is 80.1 Å².